The summed E-state index contributed by atoms with van der Waals surface area (Å²) in [5.74, 6) is 1.94. The standard InChI is InChI=1S/C16H31ClN2O/c1-10-6-11(13(8-18-10)16(2,3)4)12-7-15(17)19-9-14(12)20-5/h10-15,18-19H,6-9H2,1-5H3. The monoisotopic (exact) mass is 302 g/mol. The van der Waals surface area contributed by atoms with E-state index in [1.54, 1.807) is 0 Å². The van der Waals surface area contributed by atoms with Gasteiger partial charge in [-0.3, -0.25) is 5.32 Å². The molecule has 0 aliphatic carbocycles. The summed E-state index contributed by atoms with van der Waals surface area (Å²) >= 11 is 6.37. The van der Waals surface area contributed by atoms with Crippen molar-refractivity contribution in [3.8, 4) is 0 Å². The average molecular weight is 303 g/mol. The lowest BCUT2D eigenvalue weighted by Crippen LogP contribution is -2.55. The summed E-state index contributed by atoms with van der Waals surface area (Å²) in [6.07, 6.45) is 2.55. The van der Waals surface area contributed by atoms with Crippen LogP contribution in [0.2, 0.25) is 0 Å². The van der Waals surface area contributed by atoms with E-state index in [9.17, 15) is 0 Å². The Labute approximate surface area is 129 Å². The van der Waals surface area contributed by atoms with Crippen LogP contribution < -0.4 is 10.6 Å². The van der Waals surface area contributed by atoms with Gasteiger partial charge in [-0.15, -0.1) is 11.6 Å². The van der Waals surface area contributed by atoms with Gasteiger partial charge in [-0.1, -0.05) is 20.8 Å². The van der Waals surface area contributed by atoms with Gasteiger partial charge in [0.15, 0.2) is 0 Å². The molecule has 0 radical (unpaired) electrons. The lowest BCUT2D eigenvalue weighted by molar-refractivity contribution is -0.0399. The molecule has 6 atom stereocenters. The zero-order valence-electron chi connectivity index (χ0n) is 13.6. The molecule has 3 nitrogen and oxygen atoms in total. The molecule has 2 heterocycles. The maximum atomic E-state index is 6.37. The van der Waals surface area contributed by atoms with Crippen LogP contribution in [0.4, 0.5) is 0 Å². The Hall–Kier alpha value is 0.170. The van der Waals surface area contributed by atoms with E-state index in [1.807, 2.05) is 7.11 Å². The molecule has 2 aliphatic heterocycles. The Morgan fingerprint density at radius 1 is 1.05 bits per heavy atom. The second kappa shape index (κ2) is 6.51. The highest BCUT2D eigenvalue weighted by atomic mass is 35.5. The van der Waals surface area contributed by atoms with Crippen molar-refractivity contribution >= 4 is 11.6 Å². The van der Waals surface area contributed by atoms with Crippen molar-refractivity contribution in [1.82, 2.24) is 10.6 Å². The number of hydrogen-bond donors (Lipinski definition) is 2. The summed E-state index contributed by atoms with van der Waals surface area (Å²) in [6, 6.07) is 0.597. The lowest BCUT2D eigenvalue weighted by atomic mass is 9.63. The second-order valence-corrected chi connectivity index (χ2v) is 8.26. The predicted octanol–water partition coefficient (Wildman–Crippen LogP) is 2.84. The first-order valence-electron chi connectivity index (χ1n) is 7.96. The van der Waals surface area contributed by atoms with E-state index in [0.29, 0.717) is 35.3 Å². The van der Waals surface area contributed by atoms with E-state index in [4.69, 9.17) is 16.3 Å². The molecule has 2 fully saturated rings. The molecule has 2 aliphatic rings. The highest BCUT2D eigenvalue weighted by molar-refractivity contribution is 6.20. The lowest BCUT2D eigenvalue weighted by Gasteiger charge is -2.49. The molecule has 20 heavy (non-hydrogen) atoms. The topological polar surface area (TPSA) is 33.3 Å². The average Bonchev–Trinajstić information content (AvgIpc) is 2.37. The van der Waals surface area contributed by atoms with E-state index < -0.39 is 0 Å². The van der Waals surface area contributed by atoms with Crippen LogP contribution in [-0.2, 0) is 4.74 Å². The van der Waals surface area contributed by atoms with Crippen molar-refractivity contribution in [2.24, 2.45) is 23.2 Å². The molecular weight excluding hydrogens is 272 g/mol. The Bertz CT molecular complexity index is 318. The predicted molar refractivity (Wildman–Crippen MR) is 85.1 cm³/mol. The number of methoxy groups -OCH3 is 1. The molecule has 0 aromatic carbocycles. The molecule has 0 amide bonds. The van der Waals surface area contributed by atoms with E-state index in [1.165, 1.54) is 6.42 Å². The highest BCUT2D eigenvalue weighted by Crippen LogP contribution is 2.44. The molecule has 0 saturated carbocycles. The molecule has 2 N–H and O–H groups in total. The minimum Gasteiger partial charge on any atom is -0.380 e. The normalized spacial score (nSPS) is 43.5. The quantitative estimate of drug-likeness (QED) is 0.608. The zero-order chi connectivity index (χ0) is 14.9. The number of rotatable bonds is 2. The fourth-order valence-electron chi connectivity index (χ4n) is 4.14. The van der Waals surface area contributed by atoms with Crippen molar-refractivity contribution in [2.45, 2.75) is 58.2 Å². The van der Waals surface area contributed by atoms with Crippen molar-refractivity contribution in [1.29, 1.82) is 0 Å². The summed E-state index contributed by atoms with van der Waals surface area (Å²) in [4.78, 5) is 0. The summed E-state index contributed by atoms with van der Waals surface area (Å²) in [5, 5.41) is 7.00. The van der Waals surface area contributed by atoms with E-state index >= 15 is 0 Å². The number of hydrogen-bond acceptors (Lipinski definition) is 3. The fraction of sp³-hybridized carbons (Fsp3) is 1.00. The maximum Gasteiger partial charge on any atom is 0.0830 e. The van der Waals surface area contributed by atoms with Crippen LogP contribution >= 0.6 is 11.6 Å². The molecular formula is C16H31ClN2O. The van der Waals surface area contributed by atoms with Gasteiger partial charge < -0.3 is 10.1 Å². The molecule has 2 saturated heterocycles. The summed E-state index contributed by atoms with van der Waals surface area (Å²) < 4.78 is 5.76. The number of alkyl halides is 1. The third-order valence-corrected chi connectivity index (χ3v) is 5.62. The van der Waals surface area contributed by atoms with E-state index in [-0.39, 0.29) is 5.50 Å². The van der Waals surface area contributed by atoms with Crippen molar-refractivity contribution in [3.05, 3.63) is 0 Å². The number of piperidine rings is 2. The molecule has 6 unspecified atom stereocenters. The largest absolute Gasteiger partial charge is 0.380 e. The molecule has 2 rings (SSSR count). The number of halogens is 1. The minimum atomic E-state index is 0.0946. The van der Waals surface area contributed by atoms with Gasteiger partial charge in [-0.05, 0) is 49.5 Å². The van der Waals surface area contributed by atoms with Crippen LogP contribution in [0.1, 0.15) is 40.5 Å². The van der Waals surface area contributed by atoms with E-state index in [0.717, 1.165) is 19.5 Å². The molecule has 0 aromatic heterocycles. The van der Waals surface area contributed by atoms with Gasteiger partial charge in [0.2, 0.25) is 0 Å². The van der Waals surface area contributed by atoms with Gasteiger partial charge in [0.25, 0.3) is 0 Å². The molecule has 0 spiro atoms. The second-order valence-electron chi connectivity index (χ2n) is 7.73. The summed E-state index contributed by atoms with van der Waals surface area (Å²) in [7, 11) is 1.84. The van der Waals surface area contributed by atoms with Crippen LogP contribution in [-0.4, -0.2) is 37.8 Å². The van der Waals surface area contributed by atoms with Gasteiger partial charge in [0, 0.05) is 19.7 Å². The molecule has 118 valence electrons. The number of ether oxygens (including phenoxy) is 1. The minimum absolute atomic E-state index is 0.0946. The van der Waals surface area contributed by atoms with Crippen LogP contribution in [0.15, 0.2) is 0 Å². The summed E-state index contributed by atoms with van der Waals surface area (Å²) in [6.45, 7) is 11.4. The third kappa shape index (κ3) is 3.68. The SMILES string of the molecule is COC1CNC(Cl)CC1C1CC(C)NCC1C(C)(C)C. The van der Waals surface area contributed by atoms with Gasteiger partial charge in [-0.25, -0.2) is 0 Å². The fourth-order valence-corrected chi connectivity index (χ4v) is 4.43. The third-order valence-electron chi connectivity index (χ3n) is 5.29. The van der Waals surface area contributed by atoms with E-state index in [2.05, 4.69) is 38.3 Å². The molecule has 4 heteroatoms. The van der Waals surface area contributed by atoms with Crippen molar-refractivity contribution in [2.75, 3.05) is 20.2 Å². The Kier molecular flexibility index (Phi) is 5.39. The van der Waals surface area contributed by atoms with Gasteiger partial charge in [-0.2, -0.15) is 0 Å². The first-order valence-corrected chi connectivity index (χ1v) is 8.40. The first kappa shape index (κ1) is 16.5. The van der Waals surface area contributed by atoms with Crippen molar-refractivity contribution in [3.63, 3.8) is 0 Å². The smallest absolute Gasteiger partial charge is 0.0830 e. The van der Waals surface area contributed by atoms with Crippen molar-refractivity contribution < 1.29 is 4.74 Å². The van der Waals surface area contributed by atoms with Crippen LogP contribution in [0.3, 0.4) is 0 Å². The van der Waals surface area contributed by atoms with Gasteiger partial charge in [0.05, 0.1) is 11.6 Å². The molecule has 0 bridgehead atoms. The van der Waals surface area contributed by atoms with Crippen LogP contribution in [0.5, 0.6) is 0 Å². The molecule has 0 aromatic rings. The van der Waals surface area contributed by atoms with Gasteiger partial charge >= 0.3 is 0 Å². The highest BCUT2D eigenvalue weighted by Gasteiger charge is 2.44. The Morgan fingerprint density at radius 3 is 2.35 bits per heavy atom. The number of nitrogens with one attached hydrogen (secondary N) is 2. The Balaban J connectivity index is 2.19. The summed E-state index contributed by atoms with van der Waals surface area (Å²) in [5.41, 5.74) is 0.417. The van der Waals surface area contributed by atoms with Crippen LogP contribution in [0.25, 0.3) is 0 Å². The Morgan fingerprint density at radius 2 is 1.75 bits per heavy atom. The zero-order valence-corrected chi connectivity index (χ0v) is 14.3. The first-order chi connectivity index (χ1) is 9.32. The van der Waals surface area contributed by atoms with Gasteiger partial charge in [0.1, 0.15) is 0 Å². The van der Waals surface area contributed by atoms with Crippen LogP contribution in [0, 0.1) is 23.2 Å². The maximum absolute atomic E-state index is 6.37.